The van der Waals surface area contributed by atoms with Gasteiger partial charge in [-0.25, -0.2) is 4.98 Å². The van der Waals surface area contributed by atoms with Gasteiger partial charge in [-0.1, -0.05) is 5.16 Å². The van der Waals surface area contributed by atoms with Gasteiger partial charge in [-0.05, 0) is 25.3 Å². The molecule has 0 unspecified atom stereocenters. The minimum absolute atomic E-state index is 0.0168. The predicted octanol–water partition coefficient (Wildman–Crippen LogP) is 3.00. The molecule has 1 aliphatic heterocycles. The summed E-state index contributed by atoms with van der Waals surface area (Å²) in [5, 5.41) is 8.78. The van der Waals surface area contributed by atoms with Gasteiger partial charge in [0.1, 0.15) is 15.6 Å². The third kappa shape index (κ3) is 3.72. The van der Waals surface area contributed by atoms with Crippen LogP contribution in [0.4, 0.5) is 0 Å². The highest BCUT2D eigenvalue weighted by molar-refractivity contribution is 7.17. The zero-order chi connectivity index (χ0) is 19.7. The van der Waals surface area contributed by atoms with Gasteiger partial charge in [-0.3, -0.25) is 9.59 Å². The molecular formula is C19H20N4O3S2. The van der Waals surface area contributed by atoms with Crippen LogP contribution in [-0.4, -0.2) is 57.9 Å². The lowest BCUT2D eigenvalue weighted by Crippen LogP contribution is -2.50. The van der Waals surface area contributed by atoms with Gasteiger partial charge in [0, 0.05) is 42.7 Å². The second-order valence-corrected chi connectivity index (χ2v) is 8.50. The summed E-state index contributed by atoms with van der Waals surface area (Å²) < 4.78 is 5.13. The summed E-state index contributed by atoms with van der Waals surface area (Å²) in [6.07, 6.45) is 1.93. The summed E-state index contributed by atoms with van der Waals surface area (Å²) in [7, 11) is 0. The van der Waals surface area contributed by atoms with Crippen molar-refractivity contribution in [3.8, 4) is 10.6 Å². The largest absolute Gasteiger partial charge is 0.361 e. The molecular weight excluding hydrogens is 396 g/mol. The lowest BCUT2D eigenvalue weighted by molar-refractivity contribution is -0.131. The Kier molecular flexibility index (Phi) is 5.27. The van der Waals surface area contributed by atoms with E-state index in [1.165, 1.54) is 11.3 Å². The zero-order valence-electron chi connectivity index (χ0n) is 15.7. The Morgan fingerprint density at radius 1 is 1.18 bits per heavy atom. The van der Waals surface area contributed by atoms with Crippen molar-refractivity contribution in [3.05, 3.63) is 44.9 Å². The molecule has 4 heterocycles. The minimum Gasteiger partial charge on any atom is -0.361 e. The average Bonchev–Trinajstić information content (AvgIpc) is 3.45. The third-order valence-corrected chi connectivity index (χ3v) is 6.63. The molecule has 3 aromatic heterocycles. The lowest BCUT2D eigenvalue weighted by atomic mass is 10.1. The number of piperazine rings is 1. The van der Waals surface area contributed by atoms with Gasteiger partial charge in [0.15, 0.2) is 0 Å². The monoisotopic (exact) mass is 416 g/mol. The predicted molar refractivity (Wildman–Crippen MR) is 108 cm³/mol. The minimum atomic E-state index is -0.0168. The molecule has 0 saturated carbocycles. The van der Waals surface area contributed by atoms with Crippen LogP contribution >= 0.6 is 22.7 Å². The molecule has 0 spiro atoms. The Labute approximate surface area is 170 Å². The van der Waals surface area contributed by atoms with Crippen LogP contribution in [0, 0.1) is 13.8 Å². The van der Waals surface area contributed by atoms with Crippen molar-refractivity contribution in [2.45, 2.75) is 20.3 Å². The molecule has 2 amide bonds. The number of hydrogen-bond acceptors (Lipinski definition) is 7. The molecule has 146 valence electrons. The summed E-state index contributed by atoms with van der Waals surface area (Å²) in [6.45, 7) is 5.78. The molecule has 0 bridgehead atoms. The molecule has 0 aromatic carbocycles. The van der Waals surface area contributed by atoms with Crippen LogP contribution in [0.5, 0.6) is 0 Å². The Bertz CT molecular complexity index is 965. The first-order valence-corrected chi connectivity index (χ1v) is 10.8. The van der Waals surface area contributed by atoms with Gasteiger partial charge in [0.2, 0.25) is 5.91 Å². The maximum atomic E-state index is 12.8. The number of hydrogen-bond donors (Lipinski definition) is 0. The molecule has 0 aliphatic carbocycles. The average molecular weight is 417 g/mol. The van der Waals surface area contributed by atoms with Crippen molar-refractivity contribution in [1.82, 2.24) is 19.9 Å². The standard InChI is InChI=1S/C19H20N4O3S2/c1-12-15(13(2)26-21-12)9-17(24)22-4-6-23(7-5-22)19(25)16-10-20-18(28-16)14-3-8-27-11-14/h3,8,10-11H,4-7,9H2,1-2H3. The van der Waals surface area contributed by atoms with Crippen LogP contribution in [0.2, 0.25) is 0 Å². The summed E-state index contributed by atoms with van der Waals surface area (Å²) in [5.41, 5.74) is 2.66. The molecule has 7 nitrogen and oxygen atoms in total. The summed E-state index contributed by atoms with van der Waals surface area (Å²) in [4.78, 5) is 34.0. The molecule has 1 saturated heterocycles. The van der Waals surface area contributed by atoms with Crippen LogP contribution in [0.3, 0.4) is 0 Å². The van der Waals surface area contributed by atoms with E-state index in [9.17, 15) is 9.59 Å². The fraction of sp³-hybridized carbons (Fsp3) is 0.368. The molecule has 0 atom stereocenters. The van der Waals surface area contributed by atoms with Crippen molar-refractivity contribution >= 4 is 34.5 Å². The fourth-order valence-electron chi connectivity index (χ4n) is 3.22. The second-order valence-electron chi connectivity index (χ2n) is 6.69. The topological polar surface area (TPSA) is 79.5 Å². The smallest absolute Gasteiger partial charge is 0.265 e. The van der Waals surface area contributed by atoms with Crippen molar-refractivity contribution in [1.29, 1.82) is 0 Å². The van der Waals surface area contributed by atoms with Crippen LogP contribution < -0.4 is 0 Å². The third-order valence-electron chi connectivity index (χ3n) is 4.91. The van der Waals surface area contributed by atoms with E-state index in [0.29, 0.717) is 36.8 Å². The van der Waals surface area contributed by atoms with Crippen LogP contribution in [0.25, 0.3) is 10.6 Å². The normalized spacial score (nSPS) is 14.5. The molecule has 0 radical (unpaired) electrons. The Hall–Kier alpha value is -2.52. The zero-order valence-corrected chi connectivity index (χ0v) is 17.3. The molecule has 4 rings (SSSR count). The first-order chi connectivity index (χ1) is 13.5. The highest BCUT2D eigenvalue weighted by Crippen LogP contribution is 2.27. The lowest BCUT2D eigenvalue weighted by Gasteiger charge is -2.34. The number of thiazole rings is 1. The van der Waals surface area contributed by atoms with Crippen LogP contribution in [0.1, 0.15) is 26.7 Å². The van der Waals surface area contributed by atoms with E-state index in [-0.39, 0.29) is 18.2 Å². The van der Waals surface area contributed by atoms with Gasteiger partial charge < -0.3 is 14.3 Å². The number of aromatic nitrogens is 2. The van der Waals surface area contributed by atoms with Gasteiger partial charge >= 0.3 is 0 Å². The van der Waals surface area contributed by atoms with E-state index in [2.05, 4.69) is 10.1 Å². The maximum absolute atomic E-state index is 12.8. The SMILES string of the molecule is Cc1noc(C)c1CC(=O)N1CCN(C(=O)c2cnc(-c3ccsc3)s2)CC1. The second kappa shape index (κ2) is 7.84. The van der Waals surface area contributed by atoms with Crippen LogP contribution in [-0.2, 0) is 11.2 Å². The number of thiophene rings is 1. The molecule has 28 heavy (non-hydrogen) atoms. The Morgan fingerprint density at radius 2 is 1.93 bits per heavy atom. The van der Waals surface area contributed by atoms with Crippen LogP contribution in [0.15, 0.2) is 27.5 Å². The van der Waals surface area contributed by atoms with Crippen molar-refractivity contribution < 1.29 is 14.1 Å². The summed E-state index contributed by atoms with van der Waals surface area (Å²) in [5.74, 6) is 0.710. The van der Waals surface area contributed by atoms with Gasteiger partial charge in [-0.15, -0.1) is 11.3 Å². The molecule has 9 heteroatoms. The van der Waals surface area contributed by atoms with E-state index in [0.717, 1.165) is 21.8 Å². The van der Waals surface area contributed by atoms with Gasteiger partial charge in [0.05, 0.1) is 18.3 Å². The quantitative estimate of drug-likeness (QED) is 0.653. The Balaban J connectivity index is 1.35. The first-order valence-electron chi connectivity index (χ1n) is 9.00. The molecule has 0 N–H and O–H groups in total. The van der Waals surface area contributed by atoms with Crippen molar-refractivity contribution in [2.75, 3.05) is 26.2 Å². The molecule has 1 aliphatic rings. The van der Waals surface area contributed by atoms with E-state index >= 15 is 0 Å². The number of carbonyl (C=O) groups is 2. The number of nitrogens with zero attached hydrogens (tertiary/aromatic N) is 4. The summed E-state index contributed by atoms with van der Waals surface area (Å²) in [6, 6.07) is 2.00. The first kappa shape index (κ1) is 18.8. The Morgan fingerprint density at radius 3 is 2.57 bits per heavy atom. The van der Waals surface area contributed by atoms with Gasteiger partial charge in [0.25, 0.3) is 5.91 Å². The van der Waals surface area contributed by atoms with E-state index < -0.39 is 0 Å². The summed E-state index contributed by atoms with van der Waals surface area (Å²) >= 11 is 3.02. The number of aryl methyl sites for hydroxylation is 2. The maximum Gasteiger partial charge on any atom is 0.265 e. The highest BCUT2D eigenvalue weighted by atomic mass is 32.1. The molecule has 3 aromatic rings. The highest BCUT2D eigenvalue weighted by Gasteiger charge is 2.27. The van der Waals surface area contributed by atoms with E-state index in [1.54, 1.807) is 27.3 Å². The molecule has 1 fully saturated rings. The van der Waals surface area contributed by atoms with Crippen molar-refractivity contribution in [3.63, 3.8) is 0 Å². The fourth-order valence-corrected chi connectivity index (χ4v) is 4.82. The van der Waals surface area contributed by atoms with E-state index in [4.69, 9.17) is 4.52 Å². The van der Waals surface area contributed by atoms with E-state index in [1.807, 2.05) is 30.7 Å². The van der Waals surface area contributed by atoms with Gasteiger partial charge in [-0.2, -0.15) is 11.3 Å². The number of carbonyl (C=O) groups excluding carboxylic acids is 2. The van der Waals surface area contributed by atoms with Crippen molar-refractivity contribution in [2.24, 2.45) is 0 Å². The number of rotatable bonds is 4. The number of amides is 2.